The summed E-state index contributed by atoms with van der Waals surface area (Å²) in [5, 5.41) is 18.0. The molecule has 0 aromatic rings. The first-order valence-electron chi connectivity index (χ1n) is 4.96. The Hall–Kier alpha value is -0.610. The Morgan fingerprint density at radius 1 is 1.64 bits per heavy atom. The van der Waals surface area contributed by atoms with Crippen molar-refractivity contribution in [2.45, 2.75) is 26.8 Å². The highest BCUT2D eigenvalue weighted by atomic mass is 16.4. The maximum absolute atomic E-state index is 10.8. The molecule has 0 aliphatic carbocycles. The molecule has 1 saturated heterocycles. The molecule has 4 nitrogen and oxygen atoms in total. The van der Waals surface area contributed by atoms with E-state index in [4.69, 9.17) is 10.2 Å². The van der Waals surface area contributed by atoms with Crippen LogP contribution in [-0.2, 0) is 4.79 Å². The molecule has 1 rings (SSSR count). The highest BCUT2D eigenvalue weighted by molar-refractivity contribution is 5.72. The molecule has 2 atom stereocenters. The second kappa shape index (κ2) is 3.87. The first-order valence-corrected chi connectivity index (χ1v) is 4.96. The van der Waals surface area contributed by atoms with Gasteiger partial charge in [-0.3, -0.25) is 9.69 Å². The number of carboxylic acid groups (broad SMARTS) is 1. The van der Waals surface area contributed by atoms with Gasteiger partial charge in [0.05, 0.1) is 0 Å². The quantitative estimate of drug-likeness (QED) is 0.694. The summed E-state index contributed by atoms with van der Waals surface area (Å²) in [6.45, 7) is 7.39. The van der Waals surface area contributed by atoms with Gasteiger partial charge in [-0.25, -0.2) is 0 Å². The number of hydrogen-bond donors (Lipinski definition) is 2. The fraction of sp³-hybridized carbons (Fsp3) is 0.900. The lowest BCUT2D eigenvalue weighted by molar-refractivity contribution is -0.142. The van der Waals surface area contributed by atoms with Crippen molar-refractivity contribution < 1.29 is 15.0 Å². The number of aliphatic hydroxyl groups excluding tert-OH is 1. The van der Waals surface area contributed by atoms with Crippen molar-refractivity contribution in [3.05, 3.63) is 0 Å². The van der Waals surface area contributed by atoms with Gasteiger partial charge in [0.2, 0.25) is 0 Å². The topological polar surface area (TPSA) is 60.8 Å². The number of carboxylic acids is 1. The Morgan fingerprint density at radius 3 is 2.57 bits per heavy atom. The lowest BCUT2D eigenvalue weighted by atomic mass is 9.83. The number of aliphatic carboxylic acids is 1. The van der Waals surface area contributed by atoms with Crippen LogP contribution in [0.3, 0.4) is 0 Å². The van der Waals surface area contributed by atoms with Crippen molar-refractivity contribution in [3.8, 4) is 0 Å². The summed E-state index contributed by atoms with van der Waals surface area (Å²) >= 11 is 0. The average molecular weight is 201 g/mol. The Morgan fingerprint density at radius 2 is 2.21 bits per heavy atom. The van der Waals surface area contributed by atoms with E-state index in [0.29, 0.717) is 6.54 Å². The minimum atomic E-state index is -0.792. The molecule has 82 valence electrons. The van der Waals surface area contributed by atoms with Crippen molar-refractivity contribution in [1.29, 1.82) is 0 Å². The van der Waals surface area contributed by atoms with Crippen molar-refractivity contribution in [3.63, 3.8) is 0 Å². The molecule has 1 fully saturated rings. The van der Waals surface area contributed by atoms with E-state index < -0.39 is 12.0 Å². The molecule has 0 spiro atoms. The molecule has 0 radical (unpaired) electrons. The lowest BCUT2D eigenvalue weighted by Gasteiger charge is -2.24. The van der Waals surface area contributed by atoms with Gasteiger partial charge in [0.1, 0.15) is 6.04 Å². The normalized spacial score (nSPS) is 29.0. The van der Waals surface area contributed by atoms with Gasteiger partial charge < -0.3 is 10.2 Å². The van der Waals surface area contributed by atoms with Crippen LogP contribution < -0.4 is 0 Å². The highest BCUT2D eigenvalue weighted by Crippen LogP contribution is 2.35. The van der Waals surface area contributed by atoms with Crippen molar-refractivity contribution in [2.75, 3.05) is 19.7 Å². The zero-order valence-corrected chi connectivity index (χ0v) is 9.03. The second-order valence-electron chi connectivity index (χ2n) is 4.81. The molecule has 0 bridgehead atoms. The molecular formula is C10H19NO3. The lowest BCUT2D eigenvalue weighted by Crippen LogP contribution is -2.38. The van der Waals surface area contributed by atoms with Gasteiger partial charge in [-0.05, 0) is 12.3 Å². The van der Waals surface area contributed by atoms with Crippen molar-refractivity contribution in [2.24, 2.45) is 11.3 Å². The third-order valence-electron chi connectivity index (χ3n) is 3.30. The van der Waals surface area contributed by atoms with E-state index in [2.05, 4.69) is 13.8 Å². The molecule has 0 aromatic heterocycles. The molecule has 1 aliphatic rings. The van der Waals surface area contributed by atoms with Crippen LogP contribution in [0.25, 0.3) is 0 Å². The van der Waals surface area contributed by atoms with Crippen molar-refractivity contribution in [1.82, 2.24) is 4.90 Å². The van der Waals surface area contributed by atoms with Crippen LogP contribution in [0, 0.1) is 11.3 Å². The molecule has 0 aromatic carbocycles. The Bertz CT molecular complexity index is 227. The van der Waals surface area contributed by atoms with Crippen LogP contribution in [0.5, 0.6) is 0 Å². The number of aliphatic hydroxyl groups is 1. The molecule has 14 heavy (non-hydrogen) atoms. The van der Waals surface area contributed by atoms with E-state index in [0.717, 1.165) is 6.54 Å². The predicted molar refractivity (Wildman–Crippen MR) is 53.0 cm³/mol. The van der Waals surface area contributed by atoms with Crippen LogP contribution >= 0.6 is 0 Å². The first kappa shape index (κ1) is 11.5. The van der Waals surface area contributed by atoms with E-state index in [1.165, 1.54) is 0 Å². The summed E-state index contributed by atoms with van der Waals surface area (Å²) in [7, 11) is 0. The summed E-state index contributed by atoms with van der Waals surface area (Å²) in [6, 6.07) is -0.453. The third-order valence-corrected chi connectivity index (χ3v) is 3.30. The fourth-order valence-corrected chi connectivity index (χ4v) is 2.00. The monoisotopic (exact) mass is 201 g/mol. The average Bonchev–Trinajstić information content (AvgIpc) is 2.39. The summed E-state index contributed by atoms with van der Waals surface area (Å²) in [5.74, 6) is -0.608. The molecule has 1 heterocycles. The molecule has 0 unspecified atom stereocenters. The maximum Gasteiger partial charge on any atom is 0.320 e. The number of likely N-dealkylation sites (tertiary alicyclic amines) is 1. The van der Waals surface area contributed by atoms with Gasteiger partial charge in [-0.1, -0.05) is 13.8 Å². The van der Waals surface area contributed by atoms with Gasteiger partial charge in [0.15, 0.2) is 0 Å². The van der Waals surface area contributed by atoms with Gasteiger partial charge in [0, 0.05) is 25.6 Å². The van der Waals surface area contributed by atoms with Crippen molar-refractivity contribution >= 4 is 5.97 Å². The largest absolute Gasteiger partial charge is 0.480 e. The Kier molecular flexibility index (Phi) is 3.17. The number of nitrogens with zero attached hydrogens (tertiary/aromatic N) is 1. The van der Waals surface area contributed by atoms with Crippen LogP contribution in [0.4, 0.5) is 0 Å². The van der Waals surface area contributed by atoms with Crippen LogP contribution in [0.1, 0.15) is 20.8 Å². The van der Waals surface area contributed by atoms with E-state index >= 15 is 0 Å². The smallest absolute Gasteiger partial charge is 0.320 e. The second-order valence-corrected chi connectivity index (χ2v) is 4.81. The SMILES string of the molecule is C[C@H](C(=O)O)N1C[C@H](CO)C(C)(C)C1. The zero-order chi connectivity index (χ0) is 10.9. The number of carbonyl (C=O) groups is 1. The summed E-state index contributed by atoms with van der Waals surface area (Å²) in [4.78, 5) is 12.7. The van der Waals surface area contributed by atoms with E-state index in [1.54, 1.807) is 6.92 Å². The molecular weight excluding hydrogens is 182 g/mol. The summed E-state index contributed by atoms with van der Waals surface area (Å²) in [6.07, 6.45) is 0. The Labute approximate surface area is 84.5 Å². The fourth-order valence-electron chi connectivity index (χ4n) is 2.00. The van der Waals surface area contributed by atoms with Crippen LogP contribution in [0.2, 0.25) is 0 Å². The maximum atomic E-state index is 10.8. The molecule has 1 aliphatic heterocycles. The number of rotatable bonds is 3. The van der Waals surface area contributed by atoms with Crippen LogP contribution in [-0.4, -0.2) is 46.8 Å². The molecule has 4 heteroatoms. The highest BCUT2D eigenvalue weighted by Gasteiger charge is 2.41. The van der Waals surface area contributed by atoms with Crippen LogP contribution in [0.15, 0.2) is 0 Å². The van der Waals surface area contributed by atoms with Gasteiger partial charge in [-0.15, -0.1) is 0 Å². The van der Waals surface area contributed by atoms with E-state index in [9.17, 15) is 4.79 Å². The third kappa shape index (κ3) is 2.07. The van der Waals surface area contributed by atoms with E-state index in [-0.39, 0.29) is 17.9 Å². The van der Waals surface area contributed by atoms with Gasteiger partial charge in [0.25, 0.3) is 0 Å². The van der Waals surface area contributed by atoms with E-state index in [1.807, 2.05) is 4.90 Å². The van der Waals surface area contributed by atoms with Gasteiger partial charge >= 0.3 is 5.97 Å². The molecule has 0 saturated carbocycles. The van der Waals surface area contributed by atoms with Gasteiger partial charge in [-0.2, -0.15) is 0 Å². The number of hydrogen-bond acceptors (Lipinski definition) is 3. The predicted octanol–water partition coefficient (Wildman–Crippen LogP) is 0.410. The summed E-state index contributed by atoms with van der Waals surface area (Å²) < 4.78 is 0. The minimum absolute atomic E-state index is 0.0124. The first-order chi connectivity index (χ1) is 6.38. The molecule has 0 amide bonds. The zero-order valence-electron chi connectivity index (χ0n) is 9.03. The summed E-state index contributed by atoms with van der Waals surface area (Å²) in [5.41, 5.74) is 0.0124. The standard InChI is InChI=1S/C10H19NO3/c1-7(9(13)14)11-4-8(5-12)10(2,3)6-11/h7-8,12H,4-6H2,1-3H3,(H,13,14)/t7-,8-/m1/s1. The minimum Gasteiger partial charge on any atom is -0.480 e. The Balaban J connectivity index is 2.67. The molecule has 2 N–H and O–H groups in total.